The molecule has 5 heterocycles. The third kappa shape index (κ3) is 3.18. The molecule has 0 fully saturated rings. The predicted molar refractivity (Wildman–Crippen MR) is 117 cm³/mol. The summed E-state index contributed by atoms with van der Waals surface area (Å²) in [6.07, 6.45) is 5.08. The van der Waals surface area contributed by atoms with E-state index >= 15 is 0 Å². The van der Waals surface area contributed by atoms with Gasteiger partial charge in [-0.25, -0.2) is 19.7 Å². The van der Waals surface area contributed by atoms with Gasteiger partial charge in [0.1, 0.15) is 23.5 Å². The van der Waals surface area contributed by atoms with Crippen molar-refractivity contribution < 1.29 is 14.7 Å². The standard InChI is InChI=1S/C23H22N6O3/c1-13(14(2)30)19-9-24-10-20-22(27-12-29(19)20)18-5-3-4-17-21(26-11-28(17)18)15-6-7-16(23(31)32)25-8-15/h3-8,11-13,19,24H,9-10H2,1-2H3,(H,31,32). The van der Waals surface area contributed by atoms with Crippen LogP contribution in [0.3, 0.4) is 0 Å². The number of imidazole rings is 2. The van der Waals surface area contributed by atoms with Crippen LogP contribution >= 0.6 is 0 Å². The highest BCUT2D eigenvalue weighted by atomic mass is 16.4. The van der Waals surface area contributed by atoms with E-state index in [9.17, 15) is 9.59 Å². The van der Waals surface area contributed by atoms with Gasteiger partial charge >= 0.3 is 5.97 Å². The summed E-state index contributed by atoms with van der Waals surface area (Å²) in [6.45, 7) is 4.97. The van der Waals surface area contributed by atoms with Gasteiger partial charge in [-0.15, -0.1) is 0 Å². The molecule has 0 saturated heterocycles. The first-order valence-electron chi connectivity index (χ1n) is 10.4. The van der Waals surface area contributed by atoms with Crippen LogP contribution in [0, 0.1) is 5.92 Å². The first-order chi connectivity index (χ1) is 15.5. The maximum atomic E-state index is 12.0. The van der Waals surface area contributed by atoms with Gasteiger partial charge in [-0.3, -0.25) is 9.20 Å². The second-order valence-electron chi connectivity index (χ2n) is 8.04. The van der Waals surface area contributed by atoms with Crippen LogP contribution < -0.4 is 5.32 Å². The summed E-state index contributed by atoms with van der Waals surface area (Å²) in [5.74, 6) is -1.02. The maximum absolute atomic E-state index is 12.0. The Morgan fingerprint density at radius 3 is 2.66 bits per heavy atom. The van der Waals surface area contributed by atoms with Gasteiger partial charge < -0.3 is 15.0 Å². The van der Waals surface area contributed by atoms with Crippen LogP contribution in [0.4, 0.5) is 0 Å². The molecule has 0 spiro atoms. The smallest absolute Gasteiger partial charge is 0.354 e. The molecule has 5 rings (SSSR count). The van der Waals surface area contributed by atoms with Crippen molar-refractivity contribution in [3.8, 4) is 22.6 Å². The number of nitrogens with one attached hydrogen (secondary N) is 1. The van der Waals surface area contributed by atoms with Gasteiger partial charge in [-0.05, 0) is 31.2 Å². The molecule has 2 unspecified atom stereocenters. The molecule has 0 amide bonds. The first-order valence-corrected chi connectivity index (χ1v) is 10.4. The topological polar surface area (TPSA) is 114 Å². The minimum absolute atomic E-state index is 0.00978. The minimum Gasteiger partial charge on any atom is -0.477 e. The molecular formula is C23H22N6O3. The van der Waals surface area contributed by atoms with Crippen LogP contribution in [0.5, 0.6) is 0 Å². The van der Waals surface area contributed by atoms with Gasteiger partial charge in [0, 0.05) is 30.8 Å². The lowest BCUT2D eigenvalue weighted by atomic mass is 9.96. The molecule has 1 aliphatic heterocycles. The van der Waals surface area contributed by atoms with E-state index in [2.05, 4.69) is 19.9 Å². The molecule has 0 aromatic carbocycles. The Morgan fingerprint density at radius 1 is 1.12 bits per heavy atom. The van der Waals surface area contributed by atoms with Crippen molar-refractivity contribution in [2.75, 3.05) is 6.54 Å². The van der Waals surface area contributed by atoms with Crippen molar-refractivity contribution in [3.05, 3.63) is 60.6 Å². The number of carbonyl (C=O) groups excluding carboxylic acids is 1. The number of carboxylic acid groups (broad SMARTS) is 1. The van der Waals surface area contributed by atoms with Crippen LogP contribution in [-0.2, 0) is 11.3 Å². The molecule has 0 bridgehead atoms. The summed E-state index contributed by atoms with van der Waals surface area (Å²) < 4.78 is 4.09. The van der Waals surface area contributed by atoms with E-state index in [1.165, 1.54) is 12.3 Å². The summed E-state index contributed by atoms with van der Waals surface area (Å²) in [4.78, 5) is 36.4. The summed E-state index contributed by atoms with van der Waals surface area (Å²) in [7, 11) is 0. The number of rotatable bonds is 5. The number of carbonyl (C=O) groups is 2. The van der Waals surface area contributed by atoms with Crippen molar-refractivity contribution in [1.29, 1.82) is 0 Å². The molecule has 0 saturated carbocycles. The molecule has 32 heavy (non-hydrogen) atoms. The second kappa shape index (κ2) is 7.69. The third-order valence-corrected chi connectivity index (χ3v) is 6.19. The Labute approximate surface area is 183 Å². The highest BCUT2D eigenvalue weighted by molar-refractivity contribution is 5.86. The Hall–Kier alpha value is -3.85. The number of Topliss-reactive ketones (excluding diaryl/α,β-unsaturated/α-hetero) is 1. The summed E-state index contributed by atoms with van der Waals surface area (Å²) in [5, 5.41) is 12.5. The molecule has 1 aliphatic rings. The number of ketones is 1. The molecule has 2 atom stereocenters. The molecule has 9 heteroatoms. The molecule has 4 aromatic rings. The fourth-order valence-corrected chi connectivity index (χ4v) is 4.28. The quantitative estimate of drug-likeness (QED) is 0.500. The van der Waals surface area contributed by atoms with E-state index in [1.54, 1.807) is 19.3 Å². The Bertz CT molecular complexity index is 1340. The average Bonchev–Trinajstić information content (AvgIpc) is 3.43. The van der Waals surface area contributed by atoms with Gasteiger partial charge in [-0.2, -0.15) is 0 Å². The molecule has 4 aromatic heterocycles. The Kier molecular flexibility index (Phi) is 4.82. The van der Waals surface area contributed by atoms with Gasteiger partial charge in [-0.1, -0.05) is 13.0 Å². The minimum atomic E-state index is -1.07. The Balaban J connectivity index is 1.59. The highest BCUT2D eigenvalue weighted by Gasteiger charge is 2.30. The number of nitrogens with zero attached hydrogens (tertiary/aromatic N) is 5. The van der Waals surface area contributed by atoms with Crippen molar-refractivity contribution >= 4 is 17.3 Å². The van der Waals surface area contributed by atoms with Crippen molar-refractivity contribution in [2.24, 2.45) is 5.92 Å². The number of aromatic nitrogens is 5. The molecule has 2 N–H and O–H groups in total. The van der Waals surface area contributed by atoms with Crippen LogP contribution in [0.25, 0.3) is 28.2 Å². The number of hydrogen-bond acceptors (Lipinski definition) is 6. The van der Waals surface area contributed by atoms with E-state index < -0.39 is 5.97 Å². The van der Waals surface area contributed by atoms with Crippen LogP contribution in [0.1, 0.15) is 36.1 Å². The fourth-order valence-electron chi connectivity index (χ4n) is 4.28. The van der Waals surface area contributed by atoms with Gasteiger partial charge in [0.25, 0.3) is 0 Å². The molecule has 0 aliphatic carbocycles. The largest absolute Gasteiger partial charge is 0.477 e. The van der Waals surface area contributed by atoms with E-state index in [0.717, 1.165) is 34.7 Å². The van der Waals surface area contributed by atoms with Crippen LogP contribution in [0.15, 0.2) is 49.2 Å². The number of fused-ring (bicyclic) bond motifs is 2. The van der Waals surface area contributed by atoms with E-state index in [0.29, 0.717) is 12.2 Å². The highest BCUT2D eigenvalue weighted by Crippen LogP contribution is 2.32. The first kappa shape index (κ1) is 20.1. The van der Waals surface area contributed by atoms with Crippen LogP contribution in [0.2, 0.25) is 0 Å². The lowest BCUT2D eigenvalue weighted by molar-refractivity contribution is -0.121. The molecule has 9 nitrogen and oxygen atoms in total. The van der Waals surface area contributed by atoms with E-state index in [-0.39, 0.29) is 23.4 Å². The van der Waals surface area contributed by atoms with E-state index in [4.69, 9.17) is 10.1 Å². The normalized spacial score (nSPS) is 16.6. The second-order valence-corrected chi connectivity index (χ2v) is 8.04. The summed E-state index contributed by atoms with van der Waals surface area (Å²) in [5.41, 5.74) is 5.07. The maximum Gasteiger partial charge on any atom is 0.354 e. The zero-order valence-electron chi connectivity index (χ0n) is 17.7. The van der Waals surface area contributed by atoms with E-state index in [1.807, 2.05) is 35.9 Å². The van der Waals surface area contributed by atoms with Gasteiger partial charge in [0.15, 0.2) is 0 Å². The zero-order chi connectivity index (χ0) is 22.4. The number of aromatic carboxylic acids is 1. The molecule has 0 radical (unpaired) electrons. The third-order valence-electron chi connectivity index (χ3n) is 6.19. The Morgan fingerprint density at radius 2 is 1.94 bits per heavy atom. The number of pyridine rings is 2. The number of hydrogen-bond donors (Lipinski definition) is 2. The molecular weight excluding hydrogens is 408 g/mol. The lowest BCUT2D eigenvalue weighted by Gasteiger charge is -2.30. The molecule has 162 valence electrons. The monoisotopic (exact) mass is 430 g/mol. The fraction of sp³-hybridized carbons (Fsp3) is 0.261. The number of carboxylic acids is 1. The summed E-state index contributed by atoms with van der Waals surface area (Å²) >= 11 is 0. The van der Waals surface area contributed by atoms with Crippen molar-refractivity contribution in [3.63, 3.8) is 0 Å². The predicted octanol–water partition coefficient (Wildman–Crippen LogP) is 2.83. The van der Waals surface area contributed by atoms with Crippen LogP contribution in [-0.4, -0.2) is 47.3 Å². The summed E-state index contributed by atoms with van der Waals surface area (Å²) in [6, 6.07) is 9.10. The van der Waals surface area contributed by atoms with Gasteiger partial charge in [0.05, 0.1) is 35.0 Å². The van der Waals surface area contributed by atoms with Crippen molar-refractivity contribution in [2.45, 2.75) is 26.4 Å². The van der Waals surface area contributed by atoms with Crippen molar-refractivity contribution in [1.82, 2.24) is 29.2 Å². The average molecular weight is 430 g/mol. The van der Waals surface area contributed by atoms with Gasteiger partial charge in [0.2, 0.25) is 0 Å². The zero-order valence-corrected chi connectivity index (χ0v) is 17.7. The lowest BCUT2D eigenvalue weighted by Crippen LogP contribution is -2.38. The SMILES string of the molecule is CC(=O)C(C)C1CNCc2c(-c3cccc4c(-c5ccc(C(=O)O)nc5)ncn34)ncn21.